The zero-order valence-electron chi connectivity index (χ0n) is 14.4. The number of rotatable bonds is 3. The number of esters is 1. The molecule has 1 saturated heterocycles. The highest BCUT2D eigenvalue weighted by atomic mass is 16.7. The monoisotopic (exact) mass is 329 g/mol. The van der Waals surface area contributed by atoms with Crippen LogP contribution in [0.5, 0.6) is 0 Å². The predicted molar refractivity (Wildman–Crippen MR) is 92.2 cm³/mol. The van der Waals surface area contributed by atoms with Gasteiger partial charge in [-0.15, -0.1) is 0 Å². The smallest absolute Gasteiger partial charge is 0.343 e. The molecule has 1 N–H and O–H groups in total. The molecule has 2 heterocycles. The molecule has 0 bridgehead atoms. The van der Waals surface area contributed by atoms with E-state index in [2.05, 4.69) is 6.58 Å². The van der Waals surface area contributed by atoms with Crippen LogP contribution in [0.3, 0.4) is 0 Å². The molecule has 2 aliphatic heterocycles. The Morgan fingerprint density at radius 3 is 2.58 bits per heavy atom. The Balaban J connectivity index is 2.08. The molecule has 24 heavy (non-hydrogen) atoms. The van der Waals surface area contributed by atoms with Crippen molar-refractivity contribution in [3.05, 3.63) is 46.7 Å². The maximum atomic E-state index is 12.6. The molecule has 2 aliphatic rings. The second-order valence-electron chi connectivity index (χ2n) is 6.47. The minimum absolute atomic E-state index is 0.0401. The van der Waals surface area contributed by atoms with E-state index in [1.807, 2.05) is 26.0 Å². The van der Waals surface area contributed by atoms with Crippen LogP contribution < -0.4 is 0 Å². The molecular formula is C19H23NO4. The quantitative estimate of drug-likeness (QED) is 0.863. The first-order chi connectivity index (χ1) is 11.4. The van der Waals surface area contributed by atoms with Gasteiger partial charge in [-0.05, 0) is 25.0 Å². The number of carbonyl (C=O) groups is 1. The molecule has 0 saturated carbocycles. The van der Waals surface area contributed by atoms with Crippen LogP contribution in [0.15, 0.2) is 24.5 Å². The van der Waals surface area contributed by atoms with Crippen molar-refractivity contribution < 1.29 is 19.5 Å². The maximum Gasteiger partial charge on any atom is 0.343 e. The highest BCUT2D eigenvalue weighted by Gasteiger charge is 2.50. The highest BCUT2D eigenvalue weighted by Crippen LogP contribution is 2.44. The second-order valence-corrected chi connectivity index (χ2v) is 6.47. The molecule has 0 aromatic heterocycles. The summed E-state index contributed by atoms with van der Waals surface area (Å²) in [5.74, 6) is -0.424. The van der Waals surface area contributed by atoms with Crippen LogP contribution in [0.1, 0.15) is 35.1 Å². The van der Waals surface area contributed by atoms with E-state index in [9.17, 15) is 9.90 Å². The fourth-order valence-corrected chi connectivity index (χ4v) is 3.69. The Morgan fingerprint density at radius 2 is 2.00 bits per heavy atom. The summed E-state index contributed by atoms with van der Waals surface area (Å²) in [5, 5.41) is 12.7. The van der Waals surface area contributed by atoms with E-state index in [4.69, 9.17) is 9.57 Å². The number of hydrogen-bond donors (Lipinski definition) is 1. The molecule has 1 spiro atoms. The van der Waals surface area contributed by atoms with Gasteiger partial charge in [-0.3, -0.25) is 0 Å². The van der Waals surface area contributed by atoms with Crippen LogP contribution in [0.25, 0.3) is 11.6 Å². The molecule has 1 aromatic carbocycles. The van der Waals surface area contributed by atoms with Gasteiger partial charge in [0.2, 0.25) is 0 Å². The number of aryl methyl sites for hydroxylation is 2. The lowest BCUT2D eigenvalue weighted by Gasteiger charge is -2.36. The van der Waals surface area contributed by atoms with Crippen LogP contribution in [0.4, 0.5) is 0 Å². The summed E-state index contributed by atoms with van der Waals surface area (Å²) in [7, 11) is 1.62. The minimum Gasteiger partial charge on any atom is -0.507 e. The molecule has 0 atom stereocenters. The molecular weight excluding hydrogens is 306 g/mol. The van der Waals surface area contributed by atoms with Crippen molar-refractivity contribution in [3.8, 4) is 0 Å². The average Bonchev–Trinajstić information content (AvgIpc) is 2.79. The number of ether oxygens (including phenoxy) is 1. The SMILES string of the molecule is C=Cc1cc(C)cc(C)c1C1=C(O)C2(CCN(OC)CC2)OC1=O. The van der Waals surface area contributed by atoms with Crippen LogP contribution >= 0.6 is 0 Å². The molecule has 0 unspecified atom stereocenters. The molecule has 1 fully saturated rings. The molecule has 0 aliphatic carbocycles. The van der Waals surface area contributed by atoms with Crippen LogP contribution in [0, 0.1) is 13.8 Å². The standard InChI is InChI=1S/C19H23NO4/c1-5-14-11-12(2)10-13(3)15(14)16-17(21)19(24-18(16)22)6-8-20(23-4)9-7-19/h5,10-11,21H,1,6-9H2,2-4H3. The van der Waals surface area contributed by atoms with Crippen molar-refractivity contribution in [2.45, 2.75) is 32.3 Å². The topological polar surface area (TPSA) is 59.0 Å². The number of hydroxylamine groups is 2. The average molecular weight is 329 g/mol. The molecule has 3 rings (SSSR count). The van der Waals surface area contributed by atoms with E-state index in [0.717, 1.165) is 16.7 Å². The fourth-order valence-electron chi connectivity index (χ4n) is 3.69. The number of carbonyl (C=O) groups excluding carboxylic acids is 1. The zero-order valence-corrected chi connectivity index (χ0v) is 14.4. The Hall–Kier alpha value is -2.11. The van der Waals surface area contributed by atoms with Crippen molar-refractivity contribution in [2.75, 3.05) is 20.2 Å². The molecule has 0 amide bonds. The predicted octanol–water partition coefficient (Wildman–Crippen LogP) is 3.17. The summed E-state index contributed by atoms with van der Waals surface area (Å²) in [4.78, 5) is 17.8. The van der Waals surface area contributed by atoms with Gasteiger partial charge in [-0.1, -0.05) is 30.4 Å². The number of benzene rings is 1. The lowest BCUT2D eigenvalue weighted by atomic mass is 9.86. The van der Waals surface area contributed by atoms with Gasteiger partial charge >= 0.3 is 5.97 Å². The van der Waals surface area contributed by atoms with Crippen molar-refractivity contribution in [1.82, 2.24) is 5.06 Å². The normalized spacial score (nSPS) is 20.5. The van der Waals surface area contributed by atoms with E-state index >= 15 is 0 Å². The summed E-state index contributed by atoms with van der Waals surface area (Å²) in [6.45, 7) is 8.96. The first kappa shape index (κ1) is 16.7. The number of hydrogen-bond acceptors (Lipinski definition) is 5. The largest absolute Gasteiger partial charge is 0.507 e. The molecule has 5 heteroatoms. The van der Waals surface area contributed by atoms with E-state index in [-0.39, 0.29) is 11.3 Å². The van der Waals surface area contributed by atoms with Crippen molar-refractivity contribution in [3.63, 3.8) is 0 Å². The second kappa shape index (κ2) is 6.07. The Kier molecular flexibility index (Phi) is 4.24. The zero-order chi connectivity index (χ0) is 17.5. The van der Waals surface area contributed by atoms with Crippen LogP contribution in [0.2, 0.25) is 0 Å². The van der Waals surface area contributed by atoms with Crippen molar-refractivity contribution >= 4 is 17.6 Å². The summed E-state index contributed by atoms with van der Waals surface area (Å²) < 4.78 is 5.67. The van der Waals surface area contributed by atoms with Crippen molar-refractivity contribution in [2.24, 2.45) is 0 Å². The number of aliphatic hydroxyl groups excluding tert-OH is 1. The third-order valence-corrected chi connectivity index (χ3v) is 4.93. The van der Waals surface area contributed by atoms with E-state index in [1.54, 1.807) is 18.2 Å². The van der Waals surface area contributed by atoms with Gasteiger partial charge in [0, 0.05) is 31.5 Å². The summed E-state index contributed by atoms with van der Waals surface area (Å²) in [6.07, 6.45) is 2.73. The van der Waals surface area contributed by atoms with Crippen LogP contribution in [-0.4, -0.2) is 41.9 Å². The molecule has 5 nitrogen and oxygen atoms in total. The third-order valence-electron chi connectivity index (χ3n) is 4.93. The van der Waals surface area contributed by atoms with Crippen molar-refractivity contribution in [1.29, 1.82) is 0 Å². The van der Waals surface area contributed by atoms with E-state index in [1.165, 1.54) is 0 Å². The summed E-state index contributed by atoms with van der Waals surface area (Å²) in [6, 6.07) is 3.95. The lowest BCUT2D eigenvalue weighted by molar-refractivity contribution is -0.182. The maximum absolute atomic E-state index is 12.6. The van der Waals surface area contributed by atoms with Gasteiger partial charge in [0.1, 0.15) is 5.57 Å². The minimum atomic E-state index is -0.933. The van der Waals surface area contributed by atoms with Gasteiger partial charge in [0.05, 0.1) is 7.11 Å². The number of piperidine rings is 1. The molecule has 128 valence electrons. The van der Waals surface area contributed by atoms with E-state index in [0.29, 0.717) is 31.5 Å². The fraction of sp³-hybridized carbons (Fsp3) is 0.421. The van der Waals surface area contributed by atoms with Crippen LogP contribution in [-0.2, 0) is 14.4 Å². The highest BCUT2D eigenvalue weighted by molar-refractivity contribution is 6.21. The Morgan fingerprint density at radius 1 is 1.33 bits per heavy atom. The lowest BCUT2D eigenvalue weighted by Crippen LogP contribution is -2.45. The van der Waals surface area contributed by atoms with Gasteiger partial charge in [0.25, 0.3) is 0 Å². The number of nitrogens with zero attached hydrogens (tertiary/aromatic N) is 1. The van der Waals surface area contributed by atoms with Gasteiger partial charge < -0.3 is 14.7 Å². The Bertz CT molecular complexity index is 727. The summed E-state index contributed by atoms with van der Waals surface area (Å²) in [5.41, 5.74) is 2.89. The molecule has 1 aromatic rings. The summed E-state index contributed by atoms with van der Waals surface area (Å²) >= 11 is 0. The third kappa shape index (κ3) is 2.54. The molecule has 0 radical (unpaired) electrons. The van der Waals surface area contributed by atoms with E-state index < -0.39 is 11.6 Å². The first-order valence-corrected chi connectivity index (χ1v) is 8.12. The first-order valence-electron chi connectivity index (χ1n) is 8.12. The Labute approximate surface area is 142 Å². The van der Waals surface area contributed by atoms with Gasteiger partial charge in [0.15, 0.2) is 11.4 Å². The van der Waals surface area contributed by atoms with Gasteiger partial charge in [-0.25, -0.2) is 4.79 Å². The number of aliphatic hydroxyl groups is 1. The van der Waals surface area contributed by atoms with Gasteiger partial charge in [-0.2, -0.15) is 5.06 Å².